The van der Waals surface area contributed by atoms with E-state index in [2.05, 4.69) is 0 Å². The van der Waals surface area contributed by atoms with Gasteiger partial charge in [0.15, 0.2) is 11.6 Å². The van der Waals surface area contributed by atoms with Crippen LogP contribution in [0.15, 0.2) is 24.3 Å². The van der Waals surface area contributed by atoms with E-state index in [-0.39, 0.29) is 40.2 Å². The molecule has 0 fully saturated rings. The number of methoxy groups -OCH3 is 1. The number of benzene rings is 2. The van der Waals surface area contributed by atoms with Crippen LogP contribution in [0.3, 0.4) is 0 Å². The van der Waals surface area contributed by atoms with Crippen LogP contribution >= 0.6 is 0 Å². The standard InChI is InChI=1S/C19H16O6.C2H5NO2/c1-25-9-2-3-10-11(5-9)18(23)16-12-6-14(21)19(24)15(12)8(7-20)4-13(16)17(10)22;1-3-2(4)5/h2-5,14,19-21,24H,6-7H2,1H3;3H,1H3,(H,4,5). The molecule has 2 aromatic rings. The molecule has 2 unspecified atom stereocenters. The molecule has 2 aliphatic rings. The normalized spacial score (nSPS) is 18.6. The van der Waals surface area contributed by atoms with E-state index in [1.54, 1.807) is 12.1 Å². The van der Waals surface area contributed by atoms with E-state index < -0.39 is 24.9 Å². The summed E-state index contributed by atoms with van der Waals surface area (Å²) in [6, 6.07) is 6.13. The maximum absolute atomic E-state index is 13.1. The van der Waals surface area contributed by atoms with Crippen molar-refractivity contribution in [2.24, 2.45) is 0 Å². The Labute approximate surface area is 171 Å². The van der Waals surface area contributed by atoms with E-state index in [4.69, 9.17) is 9.84 Å². The molecule has 0 spiro atoms. The molecule has 2 aromatic carbocycles. The zero-order valence-corrected chi connectivity index (χ0v) is 16.3. The number of fused-ring (bicyclic) bond motifs is 4. The van der Waals surface area contributed by atoms with Crippen LogP contribution in [0.5, 0.6) is 5.75 Å². The molecule has 2 aliphatic carbocycles. The predicted molar refractivity (Wildman–Crippen MR) is 104 cm³/mol. The molecule has 1 amide bonds. The number of carbonyl (C=O) groups is 3. The minimum Gasteiger partial charge on any atom is -0.497 e. The van der Waals surface area contributed by atoms with E-state index in [1.165, 1.54) is 26.3 Å². The van der Waals surface area contributed by atoms with Gasteiger partial charge in [-0.2, -0.15) is 0 Å². The first-order valence-corrected chi connectivity index (χ1v) is 9.08. The number of carbonyl (C=O) groups excluding carboxylic acids is 2. The van der Waals surface area contributed by atoms with Crippen molar-refractivity contribution in [1.82, 2.24) is 5.32 Å². The zero-order chi connectivity index (χ0) is 22.2. The number of carboxylic acid groups (broad SMARTS) is 1. The Morgan fingerprint density at radius 1 is 1.13 bits per heavy atom. The molecule has 158 valence electrons. The van der Waals surface area contributed by atoms with Crippen LogP contribution in [-0.4, -0.2) is 58.3 Å². The second-order valence-electron chi connectivity index (χ2n) is 6.85. The maximum atomic E-state index is 13.1. The van der Waals surface area contributed by atoms with Crippen molar-refractivity contribution in [3.05, 3.63) is 63.2 Å². The first-order valence-electron chi connectivity index (χ1n) is 9.08. The fourth-order valence-electron chi connectivity index (χ4n) is 3.79. The van der Waals surface area contributed by atoms with Crippen LogP contribution in [0, 0.1) is 0 Å². The molecule has 0 aliphatic heterocycles. The van der Waals surface area contributed by atoms with Gasteiger partial charge in [-0.3, -0.25) is 9.59 Å². The highest BCUT2D eigenvalue weighted by atomic mass is 16.5. The Morgan fingerprint density at radius 2 is 1.80 bits per heavy atom. The fraction of sp³-hybridized carbons (Fsp3) is 0.286. The third kappa shape index (κ3) is 3.43. The van der Waals surface area contributed by atoms with Gasteiger partial charge in [-0.15, -0.1) is 0 Å². The highest BCUT2D eigenvalue weighted by Gasteiger charge is 2.40. The Bertz CT molecular complexity index is 1050. The topological polar surface area (TPSA) is 153 Å². The molecular weight excluding hydrogens is 394 g/mol. The molecule has 4 rings (SSSR count). The number of aliphatic hydroxyl groups excluding tert-OH is 3. The summed E-state index contributed by atoms with van der Waals surface area (Å²) in [6.45, 7) is -0.393. The Hall–Kier alpha value is -3.27. The third-order valence-electron chi connectivity index (χ3n) is 5.21. The molecular formula is C21H21NO8. The number of amides is 1. The molecule has 5 N–H and O–H groups in total. The Balaban J connectivity index is 0.000000461. The lowest BCUT2D eigenvalue weighted by Crippen LogP contribution is -2.23. The molecule has 0 bridgehead atoms. The van der Waals surface area contributed by atoms with Gasteiger partial charge in [0, 0.05) is 35.7 Å². The average molecular weight is 415 g/mol. The lowest BCUT2D eigenvalue weighted by atomic mass is 9.79. The van der Waals surface area contributed by atoms with Crippen LogP contribution in [0.2, 0.25) is 0 Å². The van der Waals surface area contributed by atoms with Crippen molar-refractivity contribution in [2.75, 3.05) is 14.2 Å². The largest absolute Gasteiger partial charge is 0.497 e. The van der Waals surface area contributed by atoms with Crippen LogP contribution in [-0.2, 0) is 13.0 Å². The van der Waals surface area contributed by atoms with Crippen molar-refractivity contribution < 1.29 is 39.5 Å². The first kappa shape index (κ1) is 21.4. The van der Waals surface area contributed by atoms with Crippen LogP contribution < -0.4 is 10.1 Å². The molecule has 9 heteroatoms. The molecule has 0 saturated carbocycles. The van der Waals surface area contributed by atoms with Gasteiger partial charge in [0.25, 0.3) is 0 Å². The summed E-state index contributed by atoms with van der Waals surface area (Å²) in [5.41, 5.74) is 2.07. The van der Waals surface area contributed by atoms with E-state index >= 15 is 0 Å². The van der Waals surface area contributed by atoms with Crippen molar-refractivity contribution in [3.8, 4) is 5.75 Å². The average Bonchev–Trinajstić information content (AvgIpc) is 3.05. The maximum Gasteiger partial charge on any atom is 0.404 e. The van der Waals surface area contributed by atoms with Crippen LogP contribution in [0.1, 0.15) is 54.6 Å². The second-order valence-corrected chi connectivity index (χ2v) is 6.85. The van der Waals surface area contributed by atoms with E-state index in [1.807, 2.05) is 5.32 Å². The van der Waals surface area contributed by atoms with Gasteiger partial charge in [0.05, 0.1) is 19.8 Å². The van der Waals surface area contributed by atoms with Gasteiger partial charge in [0.1, 0.15) is 11.9 Å². The minimum absolute atomic E-state index is 0.0605. The summed E-state index contributed by atoms with van der Waals surface area (Å²) >= 11 is 0. The number of ether oxygens (including phenoxy) is 1. The number of ketones is 2. The smallest absolute Gasteiger partial charge is 0.404 e. The summed E-state index contributed by atoms with van der Waals surface area (Å²) in [5, 5.41) is 39.4. The van der Waals surface area contributed by atoms with Gasteiger partial charge < -0.3 is 30.5 Å². The lowest BCUT2D eigenvalue weighted by molar-refractivity contribution is 0.0317. The number of nitrogens with one attached hydrogen (secondary N) is 1. The zero-order valence-electron chi connectivity index (χ0n) is 16.3. The molecule has 0 saturated heterocycles. The summed E-state index contributed by atoms with van der Waals surface area (Å²) in [6.07, 6.45) is -3.19. The Morgan fingerprint density at radius 3 is 2.37 bits per heavy atom. The number of hydrogen-bond donors (Lipinski definition) is 5. The van der Waals surface area contributed by atoms with Gasteiger partial charge >= 0.3 is 6.09 Å². The SMILES string of the molecule is CNC(=O)O.COc1ccc2c(c1)C(=O)c1c(cc(CO)c3c1CC(O)C3O)C2=O. The minimum atomic E-state index is -1.18. The third-order valence-corrected chi connectivity index (χ3v) is 5.21. The highest BCUT2D eigenvalue weighted by Crippen LogP contribution is 2.41. The van der Waals surface area contributed by atoms with Crippen molar-refractivity contribution in [3.63, 3.8) is 0 Å². The van der Waals surface area contributed by atoms with Gasteiger partial charge in [-0.1, -0.05) is 0 Å². The molecule has 0 heterocycles. The summed E-state index contributed by atoms with van der Waals surface area (Å²) in [5.74, 6) is -0.196. The van der Waals surface area contributed by atoms with Crippen molar-refractivity contribution in [2.45, 2.75) is 25.2 Å². The lowest BCUT2D eigenvalue weighted by Gasteiger charge is -2.22. The second kappa shape index (κ2) is 8.23. The molecule has 9 nitrogen and oxygen atoms in total. The Kier molecular flexibility index (Phi) is 5.88. The van der Waals surface area contributed by atoms with E-state index in [0.717, 1.165) is 0 Å². The van der Waals surface area contributed by atoms with Crippen LogP contribution in [0.25, 0.3) is 0 Å². The summed E-state index contributed by atoms with van der Waals surface area (Å²) < 4.78 is 5.14. The van der Waals surface area contributed by atoms with Crippen molar-refractivity contribution in [1.29, 1.82) is 0 Å². The number of rotatable bonds is 2. The quantitative estimate of drug-likeness (QED) is 0.412. The summed E-state index contributed by atoms with van der Waals surface area (Å²) in [7, 11) is 2.82. The van der Waals surface area contributed by atoms with Crippen LogP contribution in [0.4, 0.5) is 4.79 Å². The summed E-state index contributed by atoms with van der Waals surface area (Å²) in [4.78, 5) is 35.2. The molecule has 0 aromatic heterocycles. The first-order chi connectivity index (χ1) is 14.2. The van der Waals surface area contributed by atoms with Gasteiger partial charge in [-0.05, 0) is 41.0 Å². The van der Waals surface area contributed by atoms with Gasteiger partial charge in [-0.25, -0.2) is 4.79 Å². The predicted octanol–water partition coefficient (Wildman–Crippen LogP) is 0.797. The molecule has 30 heavy (non-hydrogen) atoms. The number of aliphatic hydroxyl groups is 3. The number of hydrogen-bond acceptors (Lipinski definition) is 7. The molecule has 0 radical (unpaired) electrons. The van der Waals surface area contributed by atoms with E-state index in [0.29, 0.717) is 22.4 Å². The monoisotopic (exact) mass is 415 g/mol. The molecule has 2 atom stereocenters. The van der Waals surface area contributed by atoms with Crippen molar-refractivity contribution >= 4 is 17.7 Å². The highest BCUT2D eigenvalue weighted by molar-refractivity contribution is 6.29. The fourth-order valence-corrected chi connectivity index (χ4v) is 3.79. The van der Waals surface area contributed by atoms with Gasteiger partial charge in [0.2, 0.25) is 0 Å². The van der Waals surface area contributed by atoms with E-state index in [9.17, 15) is 29.7 Å².